The maximum Gasteiger partial charge on any atom is 0.120 e. The van der Waals surface area contributed by atoms with E-state index < -0.39 is 0 Å². The molecule has 0 aliphatic heterocycles. The van der Waals surface area contributed by atoms with E-state index in [0.717, 1.165) is 18.8 Å². The van der Waals surface area contributed by atoms with Gasteiger partial charge in [0.2, 0.25) is 0 Å². The average Bonchev–Trinajstić information content (AvgIpc) is 2.18. The average molecular weight is 234 g/mol. The summed E-state index contributed by atoms with van der Waals surface area (Å²) in [6, 6.07) is 5.25. The Morgan fingerprint density at radius 3 is 2.71 bits per heavy atom. The number of hydrogen-bond acceptors (Lipinski definition) is 2. The van der Waals surface area contributed by atoms with Gasteiger partial charge >= 0.3 is 0 Å². The molecule has 4 heteroatoms. The lowest BCUT2D eigenvalue weighted by Crippen LogP contribution is -2.20. The van der Waals surface area contributed by atoms with Crippen LogP contribution in [0, 0.1) is 0 Å². The van der Waals surface area contributed by atoms with E-state index in [9.17, 15) is 0 Å². The van der Waals surface area contributed by atoms with Crippen LogP contribution in [0.5, 0.6) is 5.75 Å². The lowest BCUT2D eigenvalue weighted by molar-refractivity contribution is 0.315. The molecular formula is C10H13Cl2NO. The van der Waals surface area contributed by atoms with Crippen molar-refractivity contribution in [1.29, 1.82) is 0 Å². The van der Waals surface area contributed by atoms with Gasteiger partial charge in [-0.15, -0.1) is 0 Å². The highest BCUT2D eigenvalue weighted by Crippen LogP contribution is 2.26. The molecule has 1 rings (SSSR count). The second kappa shape index (κ2) is 6.12. The van der Waals surface area contributed by atoms with Gasteiger partial charge in [-0.2, -0.15) is 0 Å². The molecule has 78 valence electrons. The van der Waals surface area contributed by atoms with Gasteiger partial charge in [-0.25, -0.2) is 0 Å². The third-order valence-electron chi connectivity index (χ3n) is 1.69. The van der Waals surface area contributed by atoms with Crippen molar-refractivity contribution >= 4 is 23.2 Å². The first-order valence-electron chi connectivity index (χ1n) is 4.52. The van der Waals surface area contributed by atoms with Gasteiger partial charge in [0.05, 0.1) is 10.0 Å². The van der Waals surface area contributed by atoms with Crippen molar-refractivity contribution in [3.8, 4) is 5.75 Å². The lowest BCUT2D eigenvalue weighted by atomic mass is 10.3. The van der Waals surface area contributed by atoms with E-state index in [1.54, 1.807) is 18.2 Å². The Balaban J connectivity index is 2.39. The number of ether oxygens (including phenoxy) is 1. The first kappa shape index (κ1) is 11.6. The molecule has 1 aromatic rings. The zero-order chi connectivity index (χ0) is 10.4. The van der Waals surface area contributed by atoms with Gasteiger partial charge in [0.15, 0.2) is 0 Å². The first-order valence-corrected chi connectivity index (χ1v) is 5.28. The second-order valence-electron chi connectivity index (χ2n) is 2.78. The molecule has 0 fully saturated rings. The molecule has 1 N–H and O–H groups in total. The molecule has 14 heavy (non-hydrogen) atoms. The molecule has 0 radical (unpaired) electrons. The molecule has 0 unspecified atom stereocenters. The molecule has 0 bridgehead atoms. The van der Waals surface area contributed by atoms with Crippen LogP contribution in [-0.4, -0.2) is 19.7 Å². The van der Waals surface area contributed by atoms with E-state index in [1.165, 1.54) is 0 Å². The molecule has 0 atom stereocenters. The summed E-state index contributed by atoms with van der Waals surface area (Å²) >= 11 is 11.6. The van der Waals surface area contributed by atoms with Crippen LogP contribution >= 0.6 is 23.2 Å². The fraction of sp³-hybridized carbons (Fsp3) is 0.400. The van der Waals surface area contributed by atoms with Crippen molar-refractivity contribution in [2.75, 3.05) is 19.7 Å². The zero-order valence-electron chi connectivity index (χ0n) is 8.02. The van der Waals surface area contributed by atoms with Gasteiger partial charge in [-0.05, 0) is 18.7 Å². The van der Waals surface area contributed by atoms with Crippen molar-refractivity contribution < 1.29 is 4.74 Å². The Morgan fingerprint density at radius 1 is 1.29 bits per heavy atom. The standard InChI is InChI=1S/C10H13Cl2NO/c1-2-13-5-6-14-8-3-4-9(11)10(12)7-8/h3-4,7,13H,2,5-6H2,1H3. The summed E-state index contributed by atoms with van der Waals surface area (Å²) in [6.45, 7) is 4.46. The summed E-state index contributed by atoms with van der Waals surface area (Å²) in [5.74, 6) is 0.748. The van der Waals surface area contributed by atoms with Crippen LogP contribution in [0.3, 0.4) is 0 Å². The minimum absolute atomic E-state index is 0.521. The van der Waals surface area contributed by atoms with Crippen LogP contribution in [0.2, 0.25) is 10.0 Å². The molecule has 0 saturated heterocycles. The quantitative estimate of drug-likeness (QED) is 0.791. The Hall–Kier alpha value is -0.440. The van der Waals surface area contributed by atoms with Crippen molar-refractivity contribution in [1.82, 2.24) is 5.32 Å². The van der Waals surface area contributed by atoms with E-state index in [2.05, 4.69) is 12.2 Å². The van der Waals surface area contributed by atoms with E-state index in [1.807, 2.05) is 0 Å². The number of hydrogen-bond donors (Lipinski definition) is 1. The van der Waals surface area contributed by atoms with Gasteiger partial charge in [-0.1, -0.05) is 30.1 Å². The highest BCUT2D eigenvalue weighted by atomic mass is 35.5. The molecule has 0 saturated carbocycles. The highest BCUT2D eigenvalue weighted by molar-refractivity contribution is 6.42. The molecule has 1 aromatic carbocycles. The summed E-state index contributed by atoms with van der Waals surface area (Å²) in [7, 11) is 0. The summed E-state index contributed by atoms with van der Waals surface area (Å²) in [5.41, 5.74) is 0. The maximum atomic E-state index is 5.83. The van der Waals surface area contributed by atoms with Gasteiger partial charge in [-0.3, -0.25) is 0 Å². The van der Waals surface area contributed by atoms with E-state index in [4.69, 9.17) is 27.9 Å². The summed E-state index contributed by atoms with van der Waals surface area (Å²) < 4.78 is 5.44. The zero-order valence-corrected chi connectivity index (χ0v) is 9.53. The van der Waals surface area contributed by atoms with Gasteiger partial charge in [0, 0.05) is 12.6 Å². The number of benzene rings is 1. The third kappa shape index (κ3) is 3.74. The summed E-state index contributed by atoms with van der Waals surface area (Å²) in [6.07, 6.45) is 0. The molecule has 0 aliphatic rings. The van der Waals surface area contributed by atoms with Gasteiger partial charge in [0.25, 0.3) is 0 Å². The Kier molecular flexibility index (Phi) is 5.09. The Morgan fingerprint density at radius 2 is 2.07 bits per heavy atom. The summed E-state index contributed by atoms with van der Waals surface area (Å²) in [5, 5.41) is 4.23. The number of nitrogens with one attached hydrogen (secondary N) is 1. The number of rotatable bonds is 5. The fourth-order valence-electron chi connectivity index (χ4n) is 0.984. The van der Waals surface area contributed by atoms with Crippen LogP contribution < -0.4 is 10.1 Å². The molecular weight excluding hydrogens is 221 g/mol. The topological polar surface area (TPSA) is 21.3 Å². The first-order chi connectivity index (χ1) is 6.74. The molecule has 0 aromatic heterocycles. The third-order valence-corrected chi connectivity index (χ3v) is 2.43. The molecule has 2 nitrogen and oxygen atoms in total. The second-order valence-corrected chi connectivity index (χ2v) is 3.59. The molecule has 0 heterocycles. The SMILES string of the molecule is CCNCCOc1ccc(Cl)c(Cl)c1. The van der Waals surface area contributed by atoms with Crippen molar-refractivity contribution in [2.24, 2.45) is 0 Å². The normalized spacial score (nSPS) is 10.2. The predicted octanol–water partition coefficient (Wildman–Crippen LogP) is 2.98. The predicted molar refractivity (Wildman–Crippen MR) is 60.5 cm³/mol. The smallest absolute Gasteiger partial charge is 0.120 e. The van der Waals surface area contributed by atoms with Crippen LogP contribution in [0.15, 0.2) is 18.2 Å². The van der Waals surface area contributed by atoms with E-state index >= 15 is 0 Å². The summed E-state index contributed by atoms with van der Waals surface area (Å²) in [4.78, 5) is 0. The molecule has 0 amide bonds. The molecule has 0 spiro atoms. The van der Waals surface area contributed by atoms with Gasteiger partial charge < -0.3 is 10.1 Å². The van der Waals surface area contributed by atoms with Crippen LogP contribution in [0.4, 0.5) is 0 Å². The van der Waals surface area contributed by atoms with Crippen LogP contribution in [0.1, 0.15) is 6.92 Å². The van der Waals surface area contributed by atoms with Crippen LogP contribution in [-0.2, 0) is 0 Å². The minimum atomic E-state index is 0.521. The van der Waals surface area contributed by atoms with Gasteiger partial charge in [0.1, 0.15) is 12.4 Å². The van der Waals surface area contributed by atoms with E-state index in [0.29, 0.717) is 16.7 Å². The monoisotopic (exact) mass is 233 g/mol. The fourth-order valence-corrected chi connectivity index (χ4v) is 1.27. The maximum absolute atomic E-state index is 5.83. The lowest BCUT2D eigenvalue weighted by Gasteiger charge is -2.06. The molecule has 0 aliphatic carbocycles. The van der Waals surface area contributed by atoms with Crippen molar-refractivity contribution in [3.05, 3.63) is 28.2 Å². The van der Waals surface area contributed by atoms with Crippen molar-refractivity contribution in [3.63, 3.8) is 0 Å². The Bertz CT molecular complexity index is 291. The largest absolute Gasteiger partial charge is 0.492 e. The van der Waals surface area contributed by atoms with Crippen molar-refractivity contribution in [2.45, 2.75) is 6.92 Å². The Labute approximate surface area is 94.2 Å². The highest BCUT2D eigenvalue weighted by Gasteiger charge is 1.99. The number of likely N-dealkylation sites (N-methyl/N-ethyl adjacent to an activating group) is 1. The number of halogens is 2. The minimum Gasteiger partial charge on any atom is -0.492 e. The van der Waals surface area contributed by atoms with E-state index in [-0.39, 0.29) is 0 Å². The van der Waals surface area contributed by atoms with Crippen LogP contribution in [0.25, 0.3) is 0 Å².